The minimum Gasteiger partial charge on any atom is -0.481 e. The van der Waals surface area contributed by atoms with E-state index < -0.39 is 11.9 Å². The number of anilines is 1. The molecule has 2 aromatic carbocycles. The summed E-state index contributed by atoms with van der Waals surface area (Å²) in [5, 5.41) is 12.5. The smallest absolute Gasteiger partial charge is 0.304 e. The monoisotopic (exact) mass is 452 g/mol. The molecule has 7 heteroatoms. The predicted octanol–water partition coefficient (Wildman–Crippen LogP) is 5.63. The second-order valence-corrected chi connectivity index (χ2v) is 8.62. The predicted molar refractivity (Wildman–Crippen MR) is 124 cm³/mol. The van der Waals surface area contributed by atoms with Crippen LogP contribution in [0.3, 0.4) is 0 Å². The number of hydrogen-bond acceptors (Lipinski definition) is 4. The van der Waals surface area contributed by atoms with Crippen molar-refractivity contribution in [2.24, 2.45) is 5.92 Å². The van der Waals surface area contributed by atoms with E-state index >= 15 is 0 Å². The van der Waals surface area contributed by atoms with Crippen molar-refractivity contribution in [1.82, 2.24) is 4.98 Å². The molecule has 0 spiro atoms. The van der Waals surface area contributed by atoms with Gasteiger partial charge in [0.15, 0.2) is 5.13 Å². The molecule has 0 radical (unpaired) electrons. The third-order valence-electron chi connectivity index (χ3n) is 5.41. The van der Waals surface area contributed by atoms with Crippen LogP contribution in [0.15, 0.2) is 72.1 Å². The van der Waals surface area contributed by atoms with Crippen molar-refractivity contribution < 1.29 is 14.7 Å². The number of aromatic nitrogens is 1. The first-order valence-corrected chi connectivity index (χ1v) is 11.2. The molecule has 1 aliphatic rings. The number of carboxylic acids is 1. The summed E-state index contributed by atoms with van der Waals surface area (Å²) >= 11 is 7.66. The van der Waals surface area contributed by atoms with Crippen LogP contribution >= 0.6 is 22.9 Å². The highest BCUT2D eigenvalue weighted by Crippen LogP contribution is 2.37. The SMILES string of the molecule is O=C(O)C[C@@H]1C(=O)N(c2nc(-c3ccccc3Cl)cs2)C/C=C\C[C@@H]1c1ccccc1. The Balaban J connectivity index is 1.70. The highest BCUT2D eigenvalue weighted by atomic mass is 35.5. The van der Waals surface area contributed by atoms with Gasteiger partial charge in [0.05, 0.1) is 18.0 Å². The van der Waals surface area contributed by atoms with Crippen LogP contribution in [0.25, 0.3) is 11.3 Å². The van der Waals surface area contributed by atoms with Gasteiger partial charge >= 0.3 is 5.97 Å². The number of amides is 1. The second kappa shape index (κ2) is 9.45. The molecule has 0 aliphatic carbocycles. The molecule has 0 saturated heterocycles. The number of rotatable bonds is 5. The molecule has 1 aromatic heterocycles. The zero-order chi connectivity index (χ0) is 21.8. The van der Waals surface area contributed by atoms with Gasteiger partial charge in [0.1, 0.15) is 0 Å². The standard InChI is InChI=1S/C24H21ClN2O3S/c25-20-12-5-4-11-18(20)21-15-31-24(26-21)27-13-7-6-10-17(16-8-2-1-3-9-16)19(23(27)30)14-22(28)29/h1-9,11-12,15,17,19H,10,13-14H2,(H,28,29)/b7-6-/t17-,19+/m1/s1. The van der Waals surface area contributed by atoms with Crippen molar-refractivity contribution >= 4 is 39.9 Å². The molecule has 4 rings (SSSR count). The van der Waals surface area contributed by atoms with Crippen LogP contribution in [0.5, 0.6) is 0 Å². The van der Waals surface area contributed by atoms with E-state index in [4.69, 9.17) is 11.6 Å². The van der Waals surface area contributed by atoms with Gasteiger partial charge in [0.2, 0.25) is 5.91 Å². The minimum atomic E-state index is -0.986. The van der Waals surface area contributed by atoms with E-state index in [0.717, 1.165) is 11.1 Å². The van der Waals surface area contributed by atoms with Gasteiger partial charge in [-0.25, -0.2) is 4.98 Å². The number of allylic oxidation sites excluding steroid dienone is 1. The average Bonchev–Trinajstić information content (AvgIpc) is 3.24. The normalized spacial score (nSPS) is 20.2. The van der Waals surface area contributed by atoms with Gasteiger partial charge in [-0.2, -0.15) is 0 Å². The van der Waals surface area contributed by atoms with E-state index in [2.05, 4.69) is 4.98 Å². The number of benzene rings is 2. The third kappa shape index (κ3) is 4.70. The molecular formula is C24H21ClN2O3S. The summed E-state index contributed by atoms with van der Waals surface area (Å²) in [6, 6.07) is 17.1. The minimum absolute atomic E-state index is 0.216. The summed E-state index contributed by atoms with van der Waals surface area (Å²) in [7, 11) is 0. The first kappa shape index (κ1) is 21.3. The van der Waals surface area contributed by atoms with Crippen LogP contribution in [0.1, 0.15) is 24.3 Å². The number of carboxylic acid groups (broad SMARTS) is 1. The summed E-state index contributed by atoms with van der Waals surface area (Å²) in [6.07, 6.45) is 4.35. The average molecular weight is 453 g/mol. The number of carbonyl (C=O) groups is 2. The van der Waals surface area contributed by atoms with E-state index in [1.165, 1.54) is 11.3 Å². The molecule has 1 N–H and O–H groups in total. The Bertz CT molecular complexity index is 1110. The lowest BCUT2D eigenvalue weighted by Gasteiger charge is -2.31. The summed E-state index contributed by atoms with van der Waals surface area (Å²) in [5.74, 6) is -2.11. The van der Waals surface area contributed by atoms with Gasteiger partial charge < -0.3 is 5.11 Å². The van der Waals surface area contributed by atoms with Gasteiger partial charge in [-0.3, -0.25) is 14.5 Å². The Morgan fingerprint density at radius 1 is 1.13 bits per heavy atom. The first-order valence-electron chi connectivity index (χ1n) is 9.98. The van der Waals surface area contributed by atoms with Gasteiger partial charge in [0, 0.05) is 22.5 Å². The number of nitrogens with zero attached hydrogens (tertiary/aromatic N) is 2. The lowest BCUT2D eigenvalue weighted by molar-refractivity contribution is -0.141. The van der Waals surface area contributed by atoms with Crippen LogP contribution in [-0.2, 0) is 9.59 Å². The maximum Gasteiger partial charge on any atom is 0.304 e. The third-order valence-corrected chi connectivity index (χ3v) is 6.60. The number of halogens is 1. The summed E-state index contributed by atoms with van der Waals surface area (Å²) < 4.78 is 0. The number of hydrogen-bond donors (Lipinski definition) is 1. The van der Waals surface area contributed by atoms with Crippen molar-refractivity contribution in [3.05, 3.63) is 82.7 Å². The number of aliphatic carboxylic acids is 1. The van der Waals surface area contributed by atoms with Crippen molar-refractivity contribution in [2.75, 3.05) is 11.4 Å². The Labute approximate surface area is 189 Å². The molecule has 158 valence electrons. The Hall–Kier alpha value is -2.96. The highest BCUT2D eigenvalue weighted by molar-refractivity contribution is 7.14. The molecule has 1 amide bonds. The van der Waals surface area contributed by atoms with Gasteiger partial charge in [-0.05, 0) is 24.0 Å². The molecule has 0 bridgehead atoms. The van der Waals surface area contributed by atoms with Crippen LogP contribution in [0, 0.1) is 5.92 Å². The van der Waals surface area contributed by atoms with Crippen molar-refractivity contribution in [1.29, 1.82) is 0 Å². The molecule has 2 heterocycles. The zero-order valence-electron chi connectivity index (χ0n) is 16.6. The topological polar surface area (TPSA) is 70.5 Å². The summed E-state index contributed by atoms with van der Waals surface area (Å²) in [4.78, 5) is 31.5. The van der Waals surface area contributed by atoms with Crippen LogP contribution in [-0.4, -0.2) is 28.5 Å². The number of thiazole rings is 1. The molecule has 5 nitrogen and oxygen atoms in total. The van der Waals surface area contributed by atoms with E-state index in [1.54, 1.807) is 11.0 Å². The van der Waals surface area contributed by atoms with Gasteiger partial charge in [-0.15, -0.1) is 11.3 Å². The van der Waals surface area contributed by atoms with Crippen molar-refractivity contribution in [3.63, 3.8) is 0 Å². The van der Waals surface area contributed by atoms with E-state index in [1.807, 2.05) is 66.1 Å². The molecule has 1 aliphatic heterocycles. The molecule has 0 saturated carbocycles. The van der Waals surface area contributed by atoms with E-state index in [-0.39, 0.29) is 18.2 Å². The molecule has 31 heavy (non-hydrogen) atoms. The maximum atomic E-state index is 13.6. The maximum absolute atomic E-state index is 13.6. The number of carbonyl (C=O) groups excluding carboxylic acids is 1. The first-order chi connectivity index (χ1) is 15.0. The van der Waals surface area contributed by atoms with Crippen LogP contribution in [0.4, 0.5) is 5.13 Å². The van der Waals surface area contributed by atoms with Gasteiger partial charge in [-0.1, -0.05) is 72.3 Å². The zero-order valence-corrected chi connectivity index (χ0v) is 18.2. The Kier molecular flexibility index (Phi) is 6.49. The van der Waals surface area contributed by atoms with Gasteiger partial charge in [0.25, 0.3) is 0 Å². The summed E-state index contributed by atoms with van der Waals surface area (Å²) in [5.41, 5.74) is 2.45. The Morgan fingerprint density at radius 3 is 2.61 bits per heavy atom. The highest BCUT2D eigenvalue weighted by Gasteiger charge is 2.36. The van der Waals surface area contributed by atoms with E-state index in [9.17, 15) is 14.7 Å². The quantitative estimate of drug-likeness (QED) is 0.509. The van der Waals surface area contributed by atoms with Crippen molar-refractivity contribution in [2.45, 2.75) is 18.8 Å². The largest absolute Gasteiger partial charge is 0.481 e. The molecular weight excluding hydrogens is 432 g/mol. The molecule has 0 unspecified atom stereocenters. The lowest BCUT2D eigenvalue weighted by Crippen LogP contribution is -2.40. The van der Waals surface area contributed by atoms with Crippen LogP contribution in [0.2, 0.25) is 5.02 Å². The van der Waals surface area contributed by atoms with Crippen LogP contribution < -0.4 is 4.90 Å². The molecule has 2 atom stereocenters. The molecule has 0 fully saturated rings. The fourth-order valence-electron chi connectivity index (χ4n) is 3.89. The lowest BCUT2D eigenvalue weighted by atomic mass is 9.80. The fourth-order valence-corrected chi connectivity index (χ4v) is 4.96. The summed E-state index contributed by atoms with van der Waals surface area (Å²) in [6.45, 7) is 0.353. The Morgan fingerprint density at radius 2 is 1.87 bits per heavy atom. The fraction of sp³-hybridized carbons (Fsp3) is 0.208. The van der Waals surface area contributed by atoms with Crippen molar-refractivity contribution in [3.8, 4) is 11.3 Å². The molecule has 3 aromatic rings. The van der Waals surface area contributed by atoms with E-state index in [0.29, 0.717) is 28.8 Å². The second-order valence-electron chi connectivity index (χ2n) is 7.37.